The Morgan fingerprint density at radius 1 is 0.750 bits per heavy atom. The molecule has 0 atom stereocenters. The van der Waals surface area contributed by atoms with E-state index in [0.29, 0.717) is 11.3 Å². The predicted octanol–water partition coefficient (Wildman–Crippen LogP) is 8.64. The lowest BCUT2D eigenvalue weighted by atomic mass is 10.0. The molecule has 2 aromatic carbocycles. The lowest BCUT2D eigenvalue weighted by molar-refractivity contribution is 0.304. The van der Waals surface area contributed by atoms with E-state index >= 15 is 0 Å². The second kappa shape index (κ2) is 13.0. The third kappa shape index (κ3) is 7.19. The number of aromatic nitrogens is 1. The largest absolute Gasteiger partial charge is 0.494 e. The number of halogens is 1. The first-order chi connectivity index (χ1) is 15.7. The average Bonchev–Trinajstić information content (AvgIpc) is 2.82. The van der Waals surface area contributed by atoms with Gasteiger partial charge in [-0.1, -0.05) is 83.1 Å². The van der Waals surface area contributed by atoms with Crippen LogP contribution < -0.4 is 4.74 Å². The third-order valence-corrected chi connectivity index (χ3v) is 5.82. The number of hydrogen-bond acceptors (Lipinski definition) is 2. The fourth-order valence-electron chi connectivity index (χ4n) is 3.93. The van der Waals surface area contributed by atoms with E-state index in [1.807, 2.05) is 42.6 Å². The van der Waals surface area contributed by atoms with Crippen LogP contribution in [0.3, 0.4) is 0 Å². The highest BCUT2D eigenvalue weighted by Crippen LogP contribution is 2.26. The van der Waals surface area contributed by atoms with Crippen LogP contribution in [0.4, 0.5) is 4.39 Å². The van der Waals surface area contributed by atoms with E-state index in [9.17, 15) is 4.39 Å². The van der Waals surface area contributed by atoms with Crippen LogP contribution in [0.1, 0.15) is 70.8 Å². The lowest BCUT2D eigenvalue weighted by Gasteiger charge is -2.09. The van der Waals surface area contributed by atoms with Gasteiger partial charge in [0.2, 0.25) is 0 Å². The summed E-state index contributed by atoms with van der Waals surface area (Å²) in [5.74, 6) is 0.692. The fourth-order valence-corrected chi connectivity index (χ4v) is 3.93. The first-order valence-corrected chi connectivity index (χ1v) is 12.2. The van der Waals surface area contributed by atoms with Gasteiger partial charge in [-0.05, 0) is 54.3 Å². The Morgan fingerprint density at radius 2 is 1.47 bits per heavy atom. The molecule has 0 aliphatic rings. The van der Waals surface area contributed by atoms with Crippen LogP contribution in [-0.2, 0) is 6.42 Å². The zero-order chi connectivity index (χ0) is 22.6. The molecule has 170 valence electrons. The number of ether oxygens (including phenoxy) is 1. The SMILES string of the molecule is CCCCCCCCCOc1ccc(-c2ccc(-c3ccc(CCC)cc3F)nc2)cc1. The number of aryl methyl sites for hydroxylation is 1. The van der Waals surface area contributed by atoms with E-state index in [2.05, 4.69) is 31.0 Å². The molecule has 2 nitrogen and oxygen atoms in total. The molecule has 3 rings (SSSR count). The van der Waals surface area contributed by atoms with Crippen molar-refractivity contribution in [1.82, 2.24) is 4.98 Å². The van der Waals surface area contributed by atoms with Crippen molar-refractivity contribution in [3.8, 4) is 28.1 Å². The van der Waals surface area contributed by atoms with Crippen molar-refractivity contribution in [3.05, 3.63) is 72.2 Å². The number of hydrogen-bond donors (Lipinski definition) is 0. The molecule has 0 aliphatic carbocycles. The molecule has 0 saturated heterocycles. The van der Waals surface area contributed by atoms with Gasteiger partial charge in [0.1, 0.15) is 11.6 Å². The molecule has 3 heteroatoms. The van der Waals surface area contributed by atoms with Crippen molar-refractivity contribution in [2.45, 2.75) is 71.6 Å². The zero-order valence-corrected chi connectivity index (χ0v) is 19.6. The van der Waals surface area contributed by atoms with Gasteiger partial charge in [0.25, 0.3) is 0 Å². The summed E-state index contributed by atoms with van der Waals surface area (Å²) in [6.45, 7) is 5.12. The second-order valence-corrected chi connectivity index (χ2v) is 8.49. The van der Waals surface area contributed by atoms with Crippen molar-refractivity contribution in [3.63, 3.8) is 0 Å². The molecule has 0 amide bonds. The summed E-state index contributed by atoms with van der Waals surface area (Å²) >= 11 is 0. The second-order valence-electron chi connectivity index (χ2n) is 8.49. The zero-order valence-electron chi connectivity index (χ0n) is 19.6. The number of nitrogens with zero attached hydrogens (tertiary/aromatic N) is 1. The standard InChI is InChI=1S/C29H36FNO/c1-3-5-6-7-8-9-10-20-32-26-16-13-24(14-17-26)25-15-19-29(31-22-25)27-18-12-23(11-4-2)21-28(27)30/h12-19,21-22H,3-11,20H2,1-2H3. The van der Waals surface area contributed by atoms with E-state index in [1.54, 1.807) is 6.07 Å². The normalized spacial score (nSPS) is 11.0. The molecule has 0 radical (unpaired) electrons. The number of benzene rings is 2. The van der Waals surface area contributed by atoms with Crippen molar-refractivity contribution in [2.24, 2.45) is 0 Å². The van der Waals surface area contributed by atoms with Crippen molar-refractivity contribution in [1.29, 1.82) is 0 Å². The summed E-state index contributed by atoms with van der Waals surface area (Å²) < 4.78 is 20.4. The Hall–Kier alpha value is -2.68. The minimum Gasteiger partial charge on any atom is -0.494 e. The number of pyridine rings is 1. The molecular weight excluding hydrogens is 397 g/mol. The molecule has 1 heterocycles. The minimum atomic E-state index is -0.210. The van der Waals surface area contributed by atoms with Crippen molar-refractivity contribution in [2.75, 3.05) is 6.61 Å². The summed E-state index contributed by atoms with van der Waals surface area (Å²) in [5.41, 5.74) is 4.32. The summed E-state index contributed by atoms with van der Waals surface area (Å²) in [7, 11) is 0. The van der Waals surface area contributed by atoms with Crippen LogP contribution in [0, 0.1) is 5.82 Å². The van der Waals surface area contributed by atoms with Gasteiger partial charge in [0.05, 0.1) is 12.3 Å². The lowest BCUT2D eigenvalue weighted by Crippen LogP contribution is -1.97. The first kappa shape index (κ1) is 24.0. The maximum atomic E-state index is 14.5. The highest BCUT2D eigenvalue weighted by Gasteiger charge is 2.08. The van der Waals surface area contributed by atoms with Crippen LogP contribution in [0.15, 0.2) is 60.8 Å². The van der Waals surface area contributed by atoms with E-state index < -0.39 is 0 Å². The Bertz CT molecular complexity index is 934. The van der Waals surface area contributed by atoms with Crippen molar-refractivity contribution < 1.29 is 9.13 Å². The maximum Gasteiger partial charge on any atom is 0.132 e. The molecule has 0 saturated carbocycles. The molecule has 0 aliphatic heterocycles. The van der Waals surface area contributed by atoms with Gasteiger partial charge in [-0.15, -0.1) is 0 Å². The Balaban J connectivity index is 1.51. The van der Waals surface area contributed by atoms with Gasteiger partial charge in [0, 0.05) is 17.3 Å². The minimum absolute atomic E-state index is 0.210. The molecule has 32 heavy (non-hydrogen) atoms. The average molecular weight is 434 g/mol. The van der Waals surface area contributed by atoms with Gasteiger partial charge in [-0.25, -0.2) is 4.39 Å². The van der Waals surface area contributed by atoms with E-state index in [-0.39, 0.29) is 5.82 Å². The summed E-state index contributed by atoms with van der Waals surface area (Å²) in [6, 6.07) is 17.5. The predicted molar refractivity (Wildman–Crippen MR) is 133 cm³/mol. The highest BCUT2D eigenvalue weighted by atomic mass is 19.1. The van der Waals surface area contributed by atoms with Crippen LogP contribution in [0.25, 0.3) is 22.4 Å². The number of unbranched alkanes of at least 4 members (excludes halogenated alkanes) is 6. The Morgan fingerprint density at radius 3 is 2.12 bits per heavy atom. The highest BCUT2D eigenvalue weighted by molar-refractivity contribution is 5.67. The quantitative estimate of drug-likeness (QED) is 0.252. The summed E-state index contributed by atoms with van der Waals surface area (Å²) in [5, 5.41) is 0. The van der Waals surface area contributed by atoms with Gasteiger partial charge in [-0.2, -0.15) is 0 Å². The van der Waals surface area contributed by atoms with Gasteiger partial charge in [0.15, 0.2) is 0 Å². The van der Waals surface area contributed by atoms with Crippen LogP contribution in [-0.4, -0.2) is 11.6 Å². The summed E-state index contributed by atoms with van der Waals surface area (Å²) in [6.07, 6.45) is 12.7. The number of rotatable bonds is 13. The smallest absolute Gasteiger partial charge is 0.132 e. The molecule has 0 unspecified atom stereocenters. The Labute approximate surface area is 192 Å². The molecule has 0 spiro atoms. The van der Waals surface area contributed by atoms with Crippen LogP contribution in [0.5, 0.6) is 5.75 Å². The van der Waals surface area contributed by atoms with Crippen LogP contribution in [0.2, 0.25) is 0 Å². The van der Waals surface area contributed by atoms with Crippen LogP contribution >= 0.6 is 0 Å². The molecule has 0 fully saturated rings. The van der Waals surface area contributed by atoms with Crippen molar-refractivity contribution >= 4 is 0 Å². The van der Waals surface area contributed by atoms with Gasteiger partial charge < -0.3 is 4.74 Å². The van der Waals surface area contributed by atoms with E-state index in [1.165, 1.54) is 38.5 Å². The van der Waals surface area contributed by atoms with Gasteiger partial charge in [-0.3, -0.25) is 4.98 Å². The summed E-state index contributed by atoms with van der Waals surface area (Å²) in [4.78, 5) is 4.51. The van der Waals surface area contributed by atoms with E-state index in [4.69, 9.17) is 4.74 Å². The maximum absolute atomic E-state index is 14.5. The van der Waals surface area contributed by atoms with E-state index in [0.717, 1.165) is 48.3 Å². The topological polar surface area (TPSA) is 22.1 Å². The third-order valence-electron chi connectivity index (χ3n) is 5.82. The fraction of sp³-hybridized carbons (Fsp3) is 0.414. The first-order valence-electron chi connectivity index (χ1n) is 12.2. The molecule has 0 bridgehead atoms. The molecular formula is C29H36FNO. The van der Waals surface area contributed by atoms with Gasteiger partial charge >= 0.3 is 0 Å². The Kier molecular flexibility index (Phi) is 9.74. The molecule has 3 aromatic rings. The molecule has 1 aromatic heterocycles. The molecule has 0 N–H and O–H groups in total. The monoisotopic (exact) mass is 433 g/mol.